The number of methoxy groups -OCH3 is 1. The van der Waals surface area contributed by atoms with E-state index in [9.17, 15) is 4.39 Å². The Morgan fingerprint density at radius 3 is 2.66 bits per heavy atom. The number of nitrogens with zero attached hydrogens (tertiary/aromatic N) is 1. The molecule has 2 N–H and O–H groups in total. The zero-order valence-corrected chi connectivity index (χ0v) is 17.6. The zero-order valence-electron chi connectivity index (χ0n) is 17.6. The van der Waals surface area contributed by atoms with E-state index in [4.69, 9.17) is 9.73 Å². The maximum Gasteiger partial charge on any atom is 0.142 e. The standard InChI is InChI=1S/C24H30FN3O/c1-6-10-21(17-11-9-12-19(25)15-17)28-24(8-3)27-20(7-2)18-13-14-22(26-4)23(16-18)29-5/h7-9,11-16,21,26,28H,2,6,10H2,1,3-5H3/b24-8+,27-20+. The summed E-state index contributed by atoms with van der Waals surface area (Å²) in [6.45, 7) is 7.95. The first-order chi connectivity index (χ1) is 14.1. The lowest BCUT2D eigenvalue weighted by Crippen LogP contribution is -2.21. The minimum absolute atomic E-state index is 0.0297. The molecule has 2 rings (SSSR count). The highest BCUT2D eigenvalue weighted by molar-refractivity contribution is 6.09. The van der Waals surface area contributed by atoms with Crippen LogP contribution < -0.4 is 15.4 Å². The molecule has 2 aromatic carbocycles. The molecular weight excluding hydrogens is 365 g/mol. The van der Waals surface area contributed by atoms with Crippen molar-refractivity contribution >= 4 is 11.4 Å². The second-order valence-corrected chi connectivity index (χ2v) is 6.58. The molecule has 0 spiro atoms. The predicted octanol–water partition coefficient (Wildman–Crippen LogP) is 5.84. The summed E-state index contributed by atoms with van der Waals surface area (Å²) in [4.78, 5) is 4.76. The number of hydrogen-bond acceptors (Lipinski definition) is 4. The fraction of sp³-hybridized carbons (Fsp3) is 0.292. The molecule has 1 atom stereocenters. The topological polar surface area (TPSA) is 45.7 Å². The Labute approximate surface area is 173 Å². The minimum Gasteiger partial charge on any atom is -0.495 e. The first-order valence-corrected chi connectivity index (χ1v) is 9.81. The van der Waals surface area contributed by atoms with Crippen LogP contribution in [0, 0.1) is 5.82 Å². The van der Waals surface area contributed by atoms with Gasteiger partial charge in [0.15, 0.2) is 0 Å². The summed E-state index contributed by atoms with van der Waals surface area (Å²) in [6, 6.07) is 12.5. The van der Waals surface area contributed by atoms with Crippen LogP contribution in [0.1, 0.15) is 43.9 Å². The molecule has 0 saturated carbocycles. The van der Waals surface area contributed by atoms with Gasteiger partial charge in [0, 0.05) is 12.6 Å². The molecule has 29 heavy (non-hydrogen) atoms. The molecule has 5 heteroatoms. The van der Waals surface area contributed by atoms with Gasteiger partial charge in [-0.15, -0.1) is 0 Å². The second kappa shape index (κ2) is 11.1. The number of anilines is 1. The molecular formula is C24H30FN3O. The third kappa shape index (κ3) is 5.95. The normalized spacial score (nSPS) is 13.0. The Morgan fingerprint density at radius 1 is 1.28 bits per heavy atom. The van der Waals surface area contributed by atoms with Crippen molar-refractivity contribution < 1.29 is 9.13 Å². The van der Waals surface area contributed by atoms with E-state index in [0.29, 0.717) is 5.82 Å². The number of benzene rings is 2. The largest absolute Gasteiger partial charge is 0.495 e. The number of aliphatic imine (C=N–C) groups is 1. The van der Waals surface area contributed by atoms with Gasteiger partial charge in [0.05, 0.1) is 24.6 Å². The fourth-order valence-corrected chi connectivity index (χ4v) is 3.11. The summed E-state index contributed by atoms with van der Waals surface area (Å²) < 4.78 is 19.2. The van der Waals surface area contributed by atoms with Crippen LogP contribution >= 0.6 is 0 Å². The van der Waals surface area contributed by atoms with Gasteiger partial charge in [-0.25, -0.2) is 9.38 Å². The average molecular weight is 396 g/mol. The molecule has 0 aliphatic rings. The quantitative estimate of drug-likeness (QED) is 0.497. The van der Waals surface area contributed by atoms with Gasteiger partial charge in [0.25, 0.3) is 0 Å². The molecule has 4 nitrogen and oxygen atoms in total. The first kappa shape index (κ1) is 22.2. The number of nitrogens with one attached hydrogen (secondary N) is 2. The molecule has 1 unspecified atom stereocenters. The van der Waals surface area contributed by atoms with Crippen molar-refractivity contribution in [1.82, 2.24) is 5.32 Å². The molecule has 2 aromatic rings. The van der Waals surface area contributed by atoms with Crippen LogP contribution in [-0.4, -0.2) is 19.9 Å². The lowest BCUT2D eigenvalue weighted by atomic mass is 10.0. The van der Waals surface area contributed by atoms with Gasteiger partial charge in [0.1, 0.15) is 17.4 Å². The van der Waals surface area contributed by atoms with E-state index in [0.717, 1.165) is 41.1 Å². The monoisotopic (exact) mass is 395 g/mol. The molecule has 0 fully saturated rings. The van der Waals surface area contributed by atoms with Crippen LogP contribution in [0.4, 0.5) is 10.1 Å². The lowest BCUT2D eigenvalue weighted by Gasteiger charge is -2.20. The summed E-state index contributed by atoms with van der Waals surface area (Å²) in [6.07, 6.45) is 5.46. The zero-order chi connectivity index (χ0) is 21.2. The Hall–Kier alpha value is -3.08. The molecule has 0 heterocycles. The molecule has 0 saturated heterocycles. The van der Waals surface area contributed by atoms with E-state index >= 15 is 0 Å². The van der Waals surface area contributed by atoms with Gasteiger partial charge in [-0.3, -0.25) is 0 Å². The van der Waals surface area contributed by atoms with Crippen molar-refractivity contribution in [3.8, 4) is 5.75 Å². The summed E-state index contributed by atoms with van der Waals surface area (Å²) in [5.74, 6) is 1.21. The van der Waals surface area contributed by atoms with Gasteiger partial charge in [-0.1, -0.05) is 38.1 Å². The number of halogens is 1. The van der Waals surface area contributed by atoms with E-state index in [1.165, 1.54) is 6.07 Å². The molecule has 0 aliphatic carbocycles. The van der Waals surface area contributed by atoms with E-state index < -0.39 is 0 Å². The van der Waals surface area contributed by atoms with E-state index in [-0.39, 0.29) is 11.9 Å². The number of ether oxygens (including phenoxy) is 1. The Balaban J connectivity index is 2.33. The number of hydrogen-bond donors (Lipinski definition) is 2. The van der Waals surface area contributed by atoms with Crippen molar-refractivity contribution in [1.29, 1.82) is 0 Å². The van der Waals surface area contributed by atoms with E-state index in [1.54, 1.807) is 25.3 Å². The Kier molecular flexibility index (Phi) is 8.46. The minimum atomic E-state index is -0.237. The van der Waals surface area contributed by atoms with Gasteiger partial charge in [-0.05, 0) is 55.3 Å². The highest BCUT2D eigenvalue weighted by Gasteiger charge is 2.13. The molecule has 0 amide bonds. The van der Waals surface area contributed by atoms with E-state index in [2.05, 4.69) is 24.1 Å². The Bertz CT molecular complexity index is 889. The summed E-state index contributed by atoms with van der Waals surface area (Å²) >= 11 is 0. The van der Waals surface area contributed by atoms with Crippen LogP contribution in [0.15, 0.2) is 72.0 Å². The third-order valence-electron chi connectivity index (χ3n) is 4.62. The van der Waals surface area contributed by atoms with Crippen LogP contribution in [0.5, 0.6) is 5.75 Å². The van der Waals surface area contributed by atoms with Gasteiger partial charge in [-0.2, -0.15) is 0 Å². The van der Waals surface area contributed by atoms with Gasteiger partial charge >= 0.3 is 0 Å². The predicted molar refractivity (Wildman–Crippen MR) is 120 cm³/mol. The van der Waals surface area contributed by atoms with Crippen molar-refractivity contribution in [3.05, 3.63) is 84.0 Å². The van der Waals surface area contributed by atoms with Crippen LogP contribution in [0.2, 0.25) is 0 Å². The van der Waals surface area contributed by atoms with Crippen LogP contribution in [0.25, 0.3) is 0 Å². The molecule has 0 bridgehead atoms. The van der Waals surface area contributed by atoms with Gasteiger partial charge in [0.2, 0.25) is 0 Å². The van der Waals surface area contributed by atoms with Crippen molar-refractivity contribution in [2.45, 2.75) is 32.7 Å². The summed E-state index contributed by atoms with van der Waals surface area (Å²) in [5.41, 5.74) is 3.43. The lowest BCUT2D eigenvalue weighted by molar-refractivity contribution is 0.416. The average Bonchev–Trinajstić information content (AvgIpc) is 2.75. The van der Waals surface area contributed by atoms with Crippen LogP contribution in [-0.2, 0) is 0 Å². The summed E-state index contributed by atoms with van der Waals surface area (Å²) in [7, 11) is 3.49. The second-order valence-electron chi connectivity index (χ2n) is 6.58. The van der Waals surface area contributed by atoms with Crippen molar-refractivity contribution in [2.75, 3.05) is 19.5 Å². The maximum atomic E-state index is 13.7. The SMILES string of the molecule is C=C/C(=N\C(=C/C)NC(CCC)c1cccc(F)c1)c1ccc(NC)c(OC)c1. The highest BCUT2D eigenvalue weighted by atomic mass is 19.1. The fourth-order valence-electron chi connectivity index (χ4n) is 3.11. The third-order valence-corrected chi connectivity index (χ3v) is 4.62. The number of rotatable bonds is 10. The van der Waals surface area contributed by atoms with Crippen LogP contribution in [0.3, 0.4) is 0 Å². The maximum absolute atomic E-state index is 13.7. The number of allylic oxidation sites excluding steroid dienone is 2. The Morgan fingerprint density at radius 2 is 2.07 bits per heavy atom. The first-order valence-electron chi connectivity index (χ1n) is 9.81. The van der Waals surface area contributed by atoms with E-state index in [1.807, 2.05) is 44.3 Å². The van der Waals surface area contributed by atoms with Gasteiger partial charge < -0.3 is 15.4 Å². The smallest absolute Gasteiger partial charge is 0.142 e. The summed E-state index contributed by atoms with van der Waals surface area (Å²) in [5, 5.41) is 6.55. The molecule has 0 radical (unpaired) electrons. The highest BCUT2D eigenvalue weighted by Crippen LogP contribution is 2.26. The van der Waals surface area contributed by atoms with Crippen molar-refractivity contribution in [2.24, 2.45) is 4.99 Å². The van der Waals surface area contributed by atoms with Crippen molar-refractivity contribution in [3.63, 3.8) is 0 Å². The molecule has 0 aliphatic heterocycles. The molecule has 0 aromatic heterocycles. The molecule has 154 valence electrons.